The lowest BCUT2D eigenvalue weighted by atomic mass is 10.0. The van der Waals surface area contributed by atoms with Gasteiger partial charge in [0, 0.05) is 25.7 Å². The molecule has 0 aromatic heterocycles. The number of hydrogen-bond donors (Lipinski definition) is 2. The van der Waals surface area contributed by atoms with Crippen molar-refractivity contribution in [3.63, 3.8) is 0 Å². The summed E-state index contributed by atoms with van der Waals surface area (Å²) in [6.45, 7) is 9.23. The van der Waals surface area contributed by atoms with E-state index in [2.05, 4.69) is 24.5 Å². The van der Waals surface area contributed by atoms with Crippen LogP contribution in [0.3, 0.4) is 0 Å². The van der Waals surface area contributed by atoms with E-state index in [0.717, 1.165) is 32.4 Å². The highest BCUT2D eigenvalue weighted by Gasteiger charge is 2.23. The van der Waals surface area contributed by atoms with Gasteiger partial charge in [0.25, 0.3) is 0 Å². The van der Waals surface area contributed by atoms with Crippen molar-refractivity contribution in [2.45, 2.75) is 46.1 Å². The first kappa shape index (κ1) is 16.0. The first-order valence-electron chi connectivity index (χ1n) is 7.31. The standard InChI is InChI=1S/C14H27N3O2/c1-11(2)5-6-12(3)16-13(18)14(19)17-9-4-7-15-8-10-17/h11-12,15H,4-10H2,1-3H3,(H,16,18). The number of nitrogens with zero attached hydrogens (tertiary/aromatic N) is 1. The van der Waals surface area contributed by atoms with E-state index < -0.39 is 5.91 Å². The molecule has 19 heavy (non-hydrogen) atoms. The third-order valence-electron chi connectivity index (χ3n) is 3.38. The Morgan fingerprint density at radius 1 is 1.16 bits per heavy atom. The molecule has 1 heterocycles. The van der Waals surface area contributed by atoms with Crippen molar-refractivity contribution >= 4 is 11.8 Å². The molecule has 110 valence electrons. The van der Waals surface area contributed by atoms with E-state index in [0.29, 0.717) is 19.0 Å². The molecule has 0 spiro atoms. The molecule has 1 unspecified atom stereocenters. The molecule has 0 saturated carbocycles. The van der Waals surface area contributed by atoms with Gasteiger partial charge in [0.1, 0.15) is 0 Å². The van der Waals surface area contributed by atoms with Crippen molar-refractivity contribution in [1.29, 1.82) is 0 Å². The van der Waals surface area contributed by atoms with Crippen molar-refractivity contribution in [3.8, 4) is 0 Å². The maximum atomic E-state index is 12.0. The molecular weight excluding hydrogens is 242 g/mol. The van der Waals surface area contributed by atoms with Gasteiger partial charge in [-0.3, -0.25) is 9.59 Å². The van der Waals surface area contributed by atoms with E-state index in [1.54, 1.807) is 4.90 Å². The van der Waals surface area contributed by atoms with Crippen LogP contribution in [0.15, 0.2) is 0 Å². The molecule has 0 bridgehead atoms. The molecule has 0 aromatic carbocycles. The summed E-state index contributed by atoms with van der Waals surface area (Å²) >= 11 is 0. The lowest BCUT2D eigenvalue weighted by Gasteiger charge is -2.21. The van der Waals surface area contributed by atoms with Gasteiger partial charge in [-0.15, -0.1) is 0 Å². The Bertz CT molecular complexity index is 297. The second kappa shape index (κ2) is 8.15. The SMILES string of the molecule is CC(C)CCC(C)NC(=O)C(=O)N1CCCNCC1. The third-order valence-corrected chi connectivity index (χ3v) is 3.38. The second-order valence-electron chi connectivity index (χ2n) is 5.74. The monoisotopic (exact) mass is 269 g/mol. The predicted molar refractivity (Wildman–Crippen MR) is 75.7 cm³/mol. The molecular formula is C14H27N3O2. The largest absolute Gasteiger partial charge is 0.345 e. The van der Waals surface area contributed by atoms with Gasteiger partial charge in [-0.1, -0.05) is 13.8 Å². The van der Waals surface area contributed by atoms with Gasteiger partial charge in [0.15, 0.2) is 0 Å². The molecule has 1 rings (SSSR count). The van der Waals surface area contributed by atoms with E-state index in [1.807, 2.05) is 6.92 Å². The highest BCUT2D eigenvalue weighted by Crippen LogP contribution is 2.06. The Kier molecular flexibility index (Phi) is 6.84. The van der Waals surface area contributed by atoms with E-state index in [9.17, 15) is 9.59 Å². The second-order valence-corrected chi connectivity index (χ2v) is 5.74. The van der Waals surface area contributed by atoms with Crippen LogP contribution in [0.1, 0.15) is 40.0 Å². The minimum atomic E-state index is -0.460. The summed E-state index contributed by atoms with van der Waals surface area (Å²) < 4.78 is 0. The van der Waals surface area contributed by atoms with Crippen LogP contribution in [-0.4, -0.2) is 48.9 Å². The molecule has 2 amide bonds. The van der Waals surface area contributed by atoms with E-state index in [1.165, 1.54) is 0 Å². The zero-order valence-electron chi connectivity index (χ0n) is 12.4. The van der Waals surface area contributed by atoms with E-state index >= 15 is 0 Å². The Hall–Kier alpha value is -1.10. The van der Waals surface area contributed by atoms with Crippen LogP contribution in [-0.2, 0) is 9.59 Å². The van der Waals surface area contributed by atoms with Crippen molar-refractivity contribution in [1.82, 2.24) is 15.5 Å². The molecule has 0 aromatic rings. The fourth-order valence-electron chi connectivity index (χ4n) is 2.13. The fraction of sp³-hybridized carbons (Fsp3) is 0.857. The van der Waals surface area contributed by atoms with Crippen LogP contribution in [0.2, 0.25) is 0 Å². The lowest BCUT2D eigenvalue weighted by molar-refractivity contribution is -0.146. The summed E-state index contributed by atoms with van der Waals surface area (Å²) in [5, 5.41) is 6.02. The minimum Gasteiger partial charge on any atom is -0.345 e. The van der Waals surface area contributed by atoms with Crippen LogP contribution in [0, 0.1) is 5.92 Å². The van der Waals surface area contributed by atoms with Crippen LogP contribution in [0.5, 0.6) is 0 Å². The smallest absolute Gasteiger partial charge is 0.311 e. The molecule has 1 atom stereocenters. The summed E-state index contributed by atoms with van der Waals surface area (Å²) in [6.07, 6.45) is 2.88. The van der Waals surface area contributed by atoms with Crippen LogP contribution >= 0.6 is 0 Å². The van der Waals surface area contributed by atoms with Crippen LogP contribution in [0.4, 0.5) is 0 Å². The zero-order chi connectivity index (χ0) is 14.3. The van der Waals surface area contributed by atoms with Crippen molar-refractivity contribution in [2.24, 2.45) is 5.92 Å². The Balaban J connectivity index is 2.36. The fourth-order valence-corrected chi connectivity index (χ4v) is 2.13. The average Bonchev–Trinajstić information content (AvgIpc) is 2.64. The molecule has 1 aliphatic heterocycles. The molecule has 1 saturated heterocycles. The van der Waals surface area contributed by atoms with Gasteiger partial charge in [-0.25, -0.2) is 0 Å². The highest BCUT2D eigenvalue weighted by atomic mass is 16.2. The summed E-state index contributed by atoms with van der Waals surface area (Å²) in [4.78, 5) is 25.5. The first-order valence-corrected chi connectivity index (χ1v) is 7.31. The summed E-state index contributed by atoms with van der Waals surface area (Å²) in [5.41, 5.74) is 0. The van der Waals surface area contributed by atoms with Gasteiger partial charge < -0.3 is 15.5 Å². The Morgan fingerprint density at radius 3 is 2.58 bits per heavy atom. The number of carbonyl (C=O) groups excluding carboxylic acids is 2. The maximum Gasteiger partial charge on any atom is 0.311 e. The van der Waals surface area contributed by atoms with Crippen molar-refractivity contribution < 1.29 is 9.59 Å². The van der Waals surface area contributed by atoms with Crippen molar-refractivity contribution in [3.05, 3.63) is 0 Å². The molecule has 5 nitrogen and oxygen atoms in total. The molecule has 1 fully saturated rings. The molecule has 0 aliphatic carbocycles. The van der Waals surface area contributed by atoms with Gasteiger partial charge in [0.05, 0.1) is 0 Å². The predicted octanol–water partition coefficient (Wildman–Crippen LogP) is 0.749. The van der Waals surface area contributed by atoms with Crippen molar-refractivity contribution in [2.75, 3.05) is 26.2 Å². The van der Waals surface area contributed by atoms with Gasteiger partial charge in [0.2, 0.25) is 0 Å². The Labute approximate surface area is 116 Å². The number of nitrogens with one attached hydrogen (secondary N) is 2. The topological polar surface area (TPSA) is 61.4 Å². The molecule has 2 N–H and O–H groups in total. The summed E-state index contributed by atoms with van der Waals surface area (Å²) in [5.74, 6) is -0.231. The van der Waals surface area contributed by atoms with Gasteiger partial charge in [-0.2, -0.15) is 0 Å². The van der Waals surface area contributed by atoms with Gasteiger partial charge in [-0.05, 0) is 38.6 Å². The van der Waals surface area contributed by atoms with Crippen LogP contribution < -0.4 is 10.6 Å². The summed E-state index contributed by atoms with van der Waals surface area (Å²) in [7, 11) is 0. The lowest BCUT2D eigenvalue weighted by Crippen LogP contribution is -2.46. The molecule has 1 aliphatic rings. The number of amides is 2. The van der Waals surface area contributed by atoms with E-state index in [-0.39, 0.29) is 11.9 Å². The zero-order valence-corrected chi connectivity index (χ0v) is 12.4. The number of carbonyl (C=O) groups is 2. The highest BCUT2D eigenvalue weighted by molar-refractivity contribution is 6.35. The average molecular weight is 269 g/mol. The first-order chi connectivity index (χ1) is 9.00. The normalized spacial score (nSPS) is 18.0. The minimum absolute atomic E-state index is 0.0592. The molecule has 0 radical (unpaired) electrons. The molecule has 5 heteroatoms. The summed E-state index contributed by atoms with van der Waals surface area (Å²) in [6, 6.07) is 0.0592. The number of hydrogen-bond acceptors (Lipinski definition) is 3. The quantitative estimate of drug-likeness (QED) is 0.740. The van der Waals surface area contributed by atoms with Crippen LogP contribution in [0.25, 0.3) is 0 Å². The van der Waals surface area contributed by atoms with E-state index in [4.69, 9.17) is 0 Å². The Morgan fingerprint density at radius 2 is 1.89 bits per heavy atom. The third kappa shape index (κ3) is 6.05. The van der Waals surface area contributed by atoms with Gasteiger partial charge >= 0.3 is 11.8 Å². The number of rotatable bonds is 4. The maximum absolute atomic E-state index is 12.0.